The number of rotatable bonds is 6. The van der Waals surface area contributed by atoms with Crippen LogP contribution in [0.15, 0.2) is 83.8 Å². The molecular formula is C22H21ClN2O3S. The summed E-state index contributed by atoms with van der Waals surface area (Å²) in [6, 6.07) is 22.4. The third kappa shape index (κ3) is 4.85. The van der Waals surface area contributed by atoms with E-state index in [2.05, 4.69) is 5.32 Å². The summed E-state index contributed by atoms with van der Waals surface area (Å²) in [6.07, 6.45) is 0. The molecule has 1 unspecified atom stereocenters. The molecule has 150 valence electrons. The van der Waals surface area contributed by atoms with Gasteiger partial charge in [-0.2, -0.15) is 0 Å². The number of carbonyl (C=O) groups excluding carboxylic acids is 1. The van der Waals surface area contributed by atoms with Crippen LogP contribution in [0, 0.1) is 0 Å². The van der Waals surface area contributed by atoms with Crippen LogP contribution in [0.1, 0.15) is 27.5 Å². The van der Waals surface area contributed by atoms with Crippen molar-refractivity contribution < 1.29 is 13.2 Å². The van der Waals surface area contributed by atoms with Crippen molar-refractivity contribution in [2.45, 2.75) is 10.9 Å². The van der Waals surface area contributed by atoms with Crippen molar-refractivity contribution in [3.8, 4) is 0 Å². The first-order valence-electron chi connectivity index (χ1n) is 8.93. The van der Waals surface area contributed by atoms with Gasteiger partial charge in [-0.15, -0.1) is 0 Å². The lowest BCUT2D eigenvalue weighted by Crippen LogP contribution is -2.29. The zero-order valence-corrected chi connectivity index (χ0v) is 17.6. The third-order valence-corrected chi connectivity index (χ3v) is 6.59. The molecule has 29 heavy (non-hydrogen) atoms. The predicted molar refractivity (Wildman–Crippen MR) is 115 cm³/mol. The Morgan fingerprint density at radius 3 is 1.97 bits per heavy atom. The quantitative estimate of drug-likeness (QED) is 0.642. The maximum atomic E-state index is 12.9. The van der Waals surface area contributed by atoms with Crippen LogP contribution >= 0.6 is 11.6 Å². The molecule has 0 aliphatic rings. The van der Waals surface area contributed by atoms with E-state index >= 15 is 0 Å². The zero-order valence-electron chi connectivity index (χ0n) is 16.0. The van der Waals surface area contributed by atoms with Gasteiger partial charge < -0.3 is 5.32 Å². The highest BCUT2D eigenvalue weighted by Gasteiger charge is 2.20. The highest BCUT2D eigenvalue weighted by Crippen LogP contribution is 2.24. The van der Waals surface area contributed by atoms with E-state index in [-0.39, 0.29) is 16.8 Å². The van der Waals surface area contributed by atoms with Gasteiger partial charge >= 0.3 is 0 Å². The van der Waals surface area contributed by atoms with Crippen LogP contribution in [0.3, 0.4) is 0 Å². The fourth-order valence-corrected chi connectivity index (χ4v) is 3.89. The summed E-state index contributed by atoms with van der Waals surface area (Å²) in [6.45, 7) is 0. The van der Waals surface area contributed by atoms with Crippen molar-refractivity contribution in [1.82, 2.24) is 9.62 Å². The van der Waals surface area contributed by atoms with Gasteiger partial charge in [-0.1, -0.05) is 54.1 Å². The SMILES string of the molecule is CN(C)S(=O)(=O)c1ccc(C(=O)NC(c2ccccc2)c2ccc(Cl)cc2)cc1. The fourth-order valence-electron chi connectivity index (χ4n) is 2.86. The molecule has 5 nitrogen and oxygen atoms in total. The topological polar surface area (TPSA) is 66.5 Å². The summed E-state index contributed by atoms with van der Waals surface area (Å²) in [5, 5.41) is 3.64. The van der Waals surface area contributed by atoms with Gasteiger partial charge in [0.1, 0.15) is 0 Å². The van der Waals surface area contributed by atoms with Crippen molar-refractivity contribution in [1.29, 1.82) is 0 Å². The second-order valence-corrected chi connectivity index (χ2v) is 9.27. The lowest BCUT2D eigenvalue weighted by molar-refractivity contribution is 0.0943. The fraction of sp³-hybridized carbons (Fsp3) is 0.136. The summed E-state index contributed by atoms with van der Waals surface area (Å²) < 4.78 is 25.5. The number of nitrogens with zero attached hydrogens (tertiary/aromatic N) is 1. The number of sulfonamides is 1. The van der Waals surface area contributed by atoms with Gasteiger partial charge in [0.15, 0.2) is 0 Å². The summed E-state index contributed by atoms with van der Waals surface area (Å²) in [5.74, 6) is -0.303. The molecule has 0 fully saturated rings. The molecule has 0 aliphatic heterocycles. The zero-order chi connectivity index (χ0) is 21.0. The van der Waals surface area contributed by atoms with Gasteiger partial charge in [0.25, 0.3) is 5.91 Å². The second-order valence-electron chi connectivity index (χ2n) is 6.68. The number of benzene rings is 3. The minimum Gasteiger partial charge on any atom is -0.341 e. The van der Waals surface area contributed by atoms with Gasteiger partial charge in [0, 0.05) is 24.7 Å². The lowest BCUT2D eigenvalue weighted by atomic mass is 9.98. The van der Waals surface area contributed by atoms with Crippen LogP contribution in [0.4, 0.5) is 0 Å². The number of halogens is 1. The van der Waals surface area contributed by atoms with Gasteiger partial charge in [-0.3, -0.25) is 4.79 Å². The maximum Gasteiger partial charge on any atom is 0.252 e. The van der Waals surface area contributed by atoms with Crippen LogP contribution in [-0.2, 0) is 10.0 Å². The molecule has 0 heterocycles. The summed E-state index contributed by atoms with van der Waals surface area (Å²) in [5.41, 5.74) is 2.19. The Balaban J connectivity index is 1.88. The van der Waals surface area contributed by atoms with E-state index in [1.165, 1.54) is 38.4 Å². The van der Waals surface area contributed by atoms with E-state index in [0.29, 0.717) is 10.6 Å². The van der Waals surface area contributed by atoms with E-state index in [1.807, 2.05) is 42.5 Å². The molecule has 1 atom stereocenters. The molecule has 3 aromatic carbocycles. The molecule has 3 aromatic rings. The van der Waals surface area contributed by atoms with Crippen molar-refractivity contribution in [2.75, 3.05) is 14.1 Å². The summed E-state index contributed by atoms with van der Waals surface area (Å²) >= 11 is 6.00. The Bertz CT molecular complexity index is 1080. The van der Waals surface area contributed by atoms with Crippen molar-refractivity contribution in [2.24, 2.45) is 0 Å². The van der Waals surface area contributed by atoms with Crippen LogP contribution in [-0.4, -0.2) is 32.7 Å². The highest BCUT2D eigenvalue weighted by molar-refractivity contribution is 7.89. The number of carbonyl (C=O) groups is 1. The first-order chi connectivity index (χ1) is 13.8. The van der Waals surface area contributed by atoms with Crippen molar-refractivity contribution >= 4 is 27.5 Å². The molecule has 0 spiro atoms. The lowest BCUT2D eigenvalue weighted by Gasteiger charge is -2.20. The predicted octanol–water partition coefficient (Wildman–Crippen LogP) is 4.11. The molecule has 0 radical (unpaired) electrons. The normalized spacial score (nSPS) is 12.6. The van der Waals surface area contributed by atoms with Crippen LogP contribution in [0.5, 0.6) is 0 Å². The van der Waals surface area contributed by atoms with Crippen molar-refractivity contribution in [3.05, 3.63) is 101 Å². The highest BCUT2D eigenvalue weighted by atomic mass is 35.5. The van der Waals surface area contributed by atoms with Crippen LogP contribution < -0.4 is 5.32 Å². The monoisotopic (exact) mass is 428 g/mol. The third-order valence-electron chi connectivity index (χ3n) is 4.51. The Kier molecular flexibility index (Phi) is 6.37. The van der Waals surface area contributed by atoms with Gasteiger partial charge in [0.05, 0.1) is 10.9 Å². The largest absolute Gasteiger partial charge is 0.341 e. The van der Waals surface area contributed by atoms with Gasteiger partial charge in [-0.05, 0) is 47.5 Å². The molecular weight excluding hydrogens is 408 g/mol. The smallest absolute Gasteiger partial charge is 0.252 e. The van der Waals surface area contributed by atoms with E-state index in [9.17, 15) is 13.2 Å². The number of hydrogen-bond acceptors (Lipinski definition) is 3. The van der Waals surface area contributed by atoms with E-state index in [1.54, 1.807) is 12.1 Å². The standard InChI is InChI=1S/C22H21ClN2O3S/c1-25(2)29(27,28)20-14-10-18(11-15-20)22(26)24-21(16-6-4-3-5-7-16)17-8-12-19(23)13-9-17/h3-15,21H,1-2H3,(H,24,26). The Morgan fingerprint density at radius 2 is 1.41 bits per heavy atom. The minimum absolute atomic E-state index is 0.136. The molecule has 0 saturated heterocycles. The molecule has 0 saturated carbocycles. The van der Waals surface area contributed by atoms with Gasteiger partial charge in [-0.25, -0.2) is 12.7 Å². The van der Waals surface area contributed by atoms with Crippen LogP contribution in [0.25, 0.3) is 0 Å². The van der Waals surface area contributed by atoms with Gasteiger partial charge in [0.2, 0.25) is 10.0 Å². The van der Waals surface area contributed by atoms with E-state index in [4.69, 9.17) is 11.6 Å². The number of hydrogen-bond donors (Lipinski definition) is 1. The van der Waals surface area contributed by atoms with Crippen LogP contribution in [0.2, 0.25) is 5.02 Å². The Hall–Kier alpha value is -2.67. The Morgan fingerprint density at radius 1 is 0.862 bits per heavy atom. The van der Waals surface area contributed by atoms with E-state index in [0.717, 1.165) is 15.4 Å². The first kappa shape index (κ1) is 21.0. The Labute approximate surface area is 176 Å². The average Bonchev–Trinajstić information content (AvgIpc) is 2.73. The van der Waals surface area contributed by atoms with E-state index < -0.39 is 10.0 Å². The molecule has 0 bridgehead atoms. The first-order valence-corrected chi connectivity index (χ1v) is 10.7. The summed E-state index contributed by atoms with van der Waals surface area (Å²) in [7, 11) is -0.614. The summed E-state index contributed by atoms with van der Waals surface area (Å²) in [4.78, 5) is 13.0. The average molecular weight is 429 g/mol. The molecule has 1 amide bonds. The molecule has 3 rings (SSSR count). The molecule has 0 aliphatic carbocycles. The molecule has 0 aromatic heterocycles. The number of nitrogens with one attached hydrogen (secondary N) is 1. The molecule has 7 heteroatoms. The minimum atomic E-state index is -3.54. The maximum absolute atomic E-state index is 12.9. The number of amides is 1. The molecule has 1 N–H and O–H groups in total. The second kappa shape index (κ2) is 8.78. The van der Waals surface area contributed by atoms with Crippen molar-refractivity contribution in [3.63, 3.8) is 0 Å².